The first-order valence-electron chi connectivity index (χ1n) is 7.77. The number of halogens is 1. The van der Waals surface area contributed by atoms with E-state index >= 15 is 0 Å². The highest BCUT2D eigenvalue weighted by Crippen LogP contribution is 2.36. The number of hydrogen-bond acceptors (Lipinski definition) is 2. The molecular weight excluding hydrogens is 282 g/mol. The van der Waals surface area contributed by atoms with Gasteiger partial charge in [0.25, 0.3) is 0 Å². The van der Waals surface area contributed by atoms with Gasteiger partial charge in [-0.25, -0.2) is 4.98 Å². The van der Waals surface area contributed by atoms with Crippen LogP contribution >= 0.6 is 11.6 Å². The van der Waals surface area contributed by atoms with Crippen LogP contribution in [0.15, 0.2) is 24.4 Å². The Kier molecular flexibility index (Phi) is 3.87. The molecule has 0 unspecified atom stereocenters. The number of rotatable bonds is 2. The van der Waals surface area contributed by atoms with Crippen molar-refractivity contribution in [2.75, 3.05) is 18.0 Å². The van der Waals surface area contributed by atoms with Crippen molar-refractivity contribution < 1.29 is 0 Å². The molecule has 4 heteroatoms. The summed E-state index contributed by atoms with van der Waals surface area (Å²) in [5.74, 6) is 2.37. The molecule has 0 aromatic carbocycles. The number of anilines is 1. The first-order valence-corrected chi connectivity index (χ1v) is 8.31. The first kappa shape index (κ1) is 14.7. The van der Waals surface area contributed by atoms with E-state index < -0.39 is 0 Å². The van der Waals surface area contributed by atoms with E-state index in [4.69, 9.17) is 16.6 Å². The summed E-state index contributed by atoms with van der Waals surface area (Å²) in [6.45, 7) is 9.21. The Bertz CT molecular complexity index is 618. The van der Waals surface area contributed by atoms with E-state index in [0.29, 0.717) is 11.3 Å². The van der Waals surface area contributed by atoms with Crippen molar-refractivity contribution in [2.24, 2.45) is 11.3 Å². The zero-order valence-electron chi connectivity index (χ0n) is 13.1. The van der Waals surface area contributed by atoms with E-state index in [1.807, 2.05) is 24.4 Å². The van der Waals surface area contributed by atoms with E-state index in [2.05, 4.69) is 30.1 Å². The molecule has 0 N–H and O–H groups in total. The van der Waals surface area contributed by atoms with Crippen molar-refractivity contribution in [3.05, 3.63) is 30.1 Å². The van der Waals surface area contributed by atoms with Gasteiger partial charge >= 0.3 is 0 Å². The third-order valence-electron chi connectivity index (χ3n) is 4.75. The largest absolute Gasteiger partial charge is 0.355 e. The van der Waals surface area contributed by atoms with Gasteiger partial charge < -0.3 is 9.30 Å². The molecule has 1 saturated heterocycles. The molecule has 1 aliphatic rings. The van der Waals surface area contributed by atoms with Gasteiger partial charge in [0.2, 0.25) is 0 Å². The topological polar surface area (TPSA) is 20.5 Å². The molecule has 0 saturated carbocycles. The minimum absolute atomic E-state index is 0.403. The summed E-state index contributed by atoms with van der Waals surface area (Å²) >= 11 is 6.19. The fourth-order valence-electron chi connectivity index (χ4n) is 3.37. The summed E-state index contributed by atoms with van der Waals surface area (Å²) < 4.78 is 2.11. The van der Waals surface area contributed by atoms with E-state index in [-0.39, 0.29) is 0 Å². The smallest absolute Gasteiger partial charge is 0.152 e. The van der Waals surface area contributed by atoms with Gasteiger partial charge in [-0.3, -0.25) is 0 Å². The molecule has 0 amide bonds. The van der Waals surface area contributed by atoms with Crippen molar-refractivity contribution >= 4 is 23.1 Å². The van der Waals surface area contributed by atoms with Crippen LogP contribution in [-0.2, 0) is 5.88 Å². The lowest BCUT2D eigenvalue weighted by molar-refractivity contribution is 0.198. The second-order valence-electron chi connectivity index (χ2n) is 7.07. The number of pyridine rings is 1. The third kappa shape index (κ3) is 2.76. The molecule has 0 atom stereocenters. The van der Waals surface area contributed by atoms with Crippen molar-refractivity contribution in [2.45, 2.75) is 39.5 Å². The molecule has 0 spiro atoms. The van der Waals surface area contributed by atoms with Gasteiger partial charge in [-0.15, -0.1) is 11.6 Å². The lowest BCUT2D eigenvalue weighted by Crippen LogP contribution is -2.38. The van der Waals surface area contributed by atoms with Gasteiger partial charge in [-0.1, -0.05) is 26.8 Å². The van der Waals surface area contributed by atoms with Crippen LogP contribution in [0.5, 0.6) is 0 Å². The average Bonchev–Trinajstić information content (AvgIpc) is 2.85. The van der Waals surface area contributed by atoms with Gasteiger partial charge in [0, 0.05) is 19.3 Å². The van der Waals surface area contributed by atoms with Crippen molar-refractivity contribution in [3.63, 3.8) is 0 Å². The van der Waals surface area contributed by atoms with E-state index in [1.54, 1.807) is 0 Å². The summed E-state index contributed by atoms with van der Waals surface area (Å²) in [5.41, 5.74) is 2.50. The summed E-state index contributed by atoms with van der Waals surface area (Å²) in [5, 5.41) is 0. The van der Waals surface area contributed by atoms with Crippen LogP contribution in [0.2, 0.25) is 0 Å². The van der Waals surface area contributed by atoms with Crippen LogP contribution in [0.4, 0.5) is 5.82 Å². The SMILES string of the molecule is CC(C)(C)C1CCN(c2nc3ccccn3c2CCl)CC1. The minimum atomic E-state index is 0.403. The van der Waals surface area contributed by atoms with Crippen LogP contribution in [-0.4, -0.2) is 22.5 Å². The van der Waals surface area contributed by atoms with E-state index in [9.17, 15) is 0 Å². The molecule has 21 heavy (non-hydrogen) atoms. The molecule has 3 heterocycles. The molecule has 1 aliphatic heterocycles. The lowest BCUT2D eigenvalue weighted by atomic mass is 9.75. The number of imidazole rings is 1. The number of nitrogens with zero attached hydrogens (tertiary/aromatic N) is 3. The molecule has 1 fully saturated rings. The summed E-state index contributed by atoms with van der Waals surface area (Å²) in [6.07, 6.45) is 4.52. The number of fused-ring (bicyclic) bond motifs is 1. The fraction of sp³-hybridized carbons (Fsp3) is 0.588. The van der Waals surface area contributed by atoms with Crippen molar-refractivity contribution in [3.8, 4) is 0 Å². The Morgan fingerprint density at radius 1 is 1.24 bits per heavy atom. The number of hydrogen-bond donors (Lipinski definition) is 0. The van der Waals surface area contributed by atoms with Gasteiger partial charge in [0.15, 0.2) is 5.82 Å². The summed E-state index contributed by atoms with van der Waals surface area (Å²) in [4.78, 5) is 7.21. The molecule has 0 aliphatic carbocycles. The molecule has 3 nitrogen and oxygen atoms in total. The number of alkyl halides is 1. The van der Waals surface area contributed by atoms with Crippen LogP contribution in [0.1, 0.15) is 39.3 Å². The van der Waals surface area contributed by atoms with Gasteiger partial charge in [0.05, 0.1) is 11.6 Å². The Labute approximate surface area is 131 Å². The second-order valence-corrected chi connectivity index (χ2v) is 7.34. The Morgan fingerprint density at radius 3 is 2.57 bits per heavy atom. The van der Waals surface area contributed by atoms with Crippen LogP contribution in [0.3, 0.4) is 0 Å². The number of piperidine rings is 1. The van der Waals surface area contributed by atoms with E-state index in [1.165, 1.54) is 12.8 Å². The van der Waals surface area contributed by atoms with Gasteiger partial charge in [0.1, 0.15) is 5.65 Å². The van der Waals surface area contributed by atoms with Crippen LogP contribution in [0, 0.1) is 11.3 Å². The standard InChI is InChI=1S/C17H24ClN3/c1-17(2,3)13-7-10-20(11-8-13)16-14(12-18)21-9-5-4-6-15(21)19-16/h4-6,9,13H,7-8,10-12H2,1-3H3. The molecule has 2 aromatic rings. The average molecular weight is 306 g/mol. The quantitative estimate of drug-likeness (QED) is 0.770. The summed E-state index contributed by atoms with van der Waals surface area (Å²) in [7, 11) is 0. The van der Waals surface area contributed by atoms with Crippen molar-refractivity contribution in [1.82, 2.24) is 9.38 Å². The molecular formula is C17H24ClN3. The zero-order chi connectivity index (χ0) is 15.0. The predicted octanol–water partition coefficient (Wildman–Crippen LogP) is 4.34. The van der Waals surface area contributed by atoms with Gasteiger partial charge in [-0.05, 0) is 36.3 Å². The maximum atomic E-state index is 6.19. The van der Waals surface area contributed by atoms with Crippen LogP contribution in [0.25, 0.3) is 5.65 Å². The van der Waals surface area contributed by atoms with Crippen LogP contribution < -0.4 is 4.90 Å². The highest BCUT2D eigenvalue weighted by Gasteiger charge is 2.30. The maximum Gasteiger partial charge on any atom is 0.152 e. The molecule has 0 bridgehead atoms. The predicted molar refractivity (Wildman–Crippen MR) is 89.1 cm³/mol. The molecule has 2 aromatic heterocycles. The Balaban J connectivity index is 1.85. The lowest BCUT2D eigenvalue weighted by Gasteiger charge is -2.39. The number of aromatic nitrogens is 2. The van der Waals surface area contributed by atoms with E-state index in [0.717, 1.165) is 36.2 Å². The zero-order valence-corrected chi connectivity index (χ0v) is 13.9. The monoisotopic (exact) mass is 305 g/mol. The summed E-state index contributed by atoms with van der Waals surface area (Å²) in [6, 6.07) is 6.10. The first-order chi connectivity index (χ1) is 10.0. The van der Waals surface area contributed by atoms with Gasteiger partial charge in [-0.2, -0.15) is 0 Å². The highest BCUT2D eigenvalue weighted by molar-refractivity contribution is 6.17. The molecule has 114 valence electrons. The fourth-order valence-corrected chi connectivity index (χ4v) is 3.62. The maximum absolute atomic E-state index is 6.19. The Morgan fingerprint density at radius 2 is 1.95 bits per heavy atom. The third-order valence-corrected chi connectivity index (χ3v) is 5.01. The second kappa shape index (κ2) is 5.53. The minimum Gasteiger partial charge on any atom is -0.355 e. The normalized spacial score (nSPS) is 17.6. The van der Waals surface area contributed by atoms with Crippen molar-refractivity contribution in [1.29, 1.82) is 0 Å². The molecule has 3 rings (SSSR count). The Hall–Kier alpha value is -1.22. The molecule has 0 radical (unpaired) electrons. The highest BCUT2D eigenvalue weighted by atomic mass is 35.5.